The van der Waals surface area contributed by atoms with E-state index in [1.807, 2.05) is 0 Å². The van der Waals surface area contributed by atoms with E-state index in [0.29, 0.717) is 0 Å². The Kier molecular flexibility index (Phi) is 17.5. The molecule has 3 nitrogen and oxygen atoms in total. The molecule has 4 heteroatoms. The first-order valence-electron chi connectivity index (χ1n) is 8.16. The summed E-state index contributed by atoms with van der Waals surface area (Å²) in [5.41, 5.74) is 0. The molecule has 0 bridgehead atoms. The summed E-state index contributed by atoms with van der Waals surface area (Å²) in [6.45, 7) is 5.05. The maximum Gasteiger partial charge on any atom is 0.0589 e. The first kappa shape index (κ1) is 20.2. The molecule has 0 amide bonds. The Bertz CT molecular complexity index is 182. The number of hydrogen-bond acceptors (Lipinski definition) is 4. The van der Waals surface area contributed by atoms with E-state index >= 15 is 0 Å². The lowest BCUT2D eigenvalue weighted by Crippen LogP contribution is -2.30. The highest BCUT2D eigenvalue weighted by Gasteiger charge is 2.04. The summed E-state index contributed by atoms with van der Waals surface area (Å²) >= 11 is 4.24. The van der Waals surface area contributed by atoms with E-state index in [1.165, 1.54) is 51.5 Å². The van der Waals surface area contributed by atoms with E-state index in [4.69, 9.17) is 9.47 Å². The third-order valence-corrected chi connectivity index (χ3v) is 3.88. The van der Waals surface area contributed by atoms with Crippen LogP contribution < -0.4 is 0 Å². The van der Waals surface area contributed by atoms with Gasteiger partial charge in [-0.2, -0.15) is 12.6 Å². The number of thiol groups is 1. The molecule has 0 aliphatic rings. The van der Waals surface area contributed by atoms with Gasteiger partial charge in [-0.15, -0.1) is 0 Å². The summed E-state index contributed by atoms with van der Waals surface area (Å²) < 4.78 is 10.3. The van der Waals surface area contributed by atoms with Gasteiger partial charge in [-0.25, -0.2) is 0 Å². The molecule has 0 aliphatic heterocycles. The van der Waals surface area contributed by atoms with E-state index in [-0.39, 0.29) is 0 Å². The van der Waals surface area contributed by atoms with Gasteiger partial charge in [0.05, 0.1) is 6.61 Å². The van der Waals surface area contributed by atoms with Crippen LogP contribution in [-0.2, 0) is 9.47 Å². The molecule has 122 valence electrons. The zero-order valence-corrected chi connectivity index (χ0v) is 14.5. The molecule has 0 heterocycles. The van der Waals surface area contributed by atoms with Crippen LogP contribution in [0.4, 0.5) is 0 Å². The summed E-state index contributed by atoms with van der Waals surface area (Å²) in [5, 5.41) is 0. The number of nitrogens with zero attached hydrogens (tertiary/aromatic N) is 1. The van der Waals surface area contributed by atoms with Crippen molar-refractivity contribution >= 4 is 12.6 Å². The molecule has 0 unspecified atom stereocenters. The van der Waals surface area contributed by atoms with Crippen LogP contribution in [0.2, 0.25) is 0 Å². The Morgan fingerprint density at radius 1 is 0.650 bits per heavy atom. The topological polar surface area (TPSA) is 21.7 Å². The number of rotatable bonds is 16. The molecular formula is C16H35NO2S. The molecule has 0 aromatic rings. The molecule has 0 spiro atoms. The van der Waals surface area contributed by atoms with Crippen LogP contribution >= 0.6 is 12.6 Å². The van der Waals surface area contributed by atoms with Gasteiger partial charge in [0.25, 0.3) is 0 Å². The molecule has 0 aliphatic carbocycles. The number of ether oxygens (including phenoxy) is 2. The van der Waals surface area contributed by atoms with Crippen molar-refractivity contribution in [3.05, 3.63) is 0 Å². The van der Waals surface area contributed by atoms with Gasteiger partial charge in [0.2, 0.25) is 0 Å². The van der Waals surface area contributed by atoms with E-state index in [2.05, 4.69) is 17.5 Å². The number of hydrogen-bond donors (Lipinski definition) is 1. The Labute approximate surface area is 131 Å². The Morgan fingerprint density at radius 3 is 1.80 bits per heavy atom. The van der Waals surface area contributed by atoms with Crippen molar-refractivity contribution in [1.82, 2.24) is 4.90 Å². The third kappa shape index (κ3) is 14.6. The van der Waals surface area contributed by atoms with Crippen molar-refractivity contribution in [3.63, 3.8) is 0 Å². The zero-order chi connectivity index (χ0) is 14.9. The fourth-order valence-electron chi connectivity index (χ4n) is 2.32. The Balaban J connectivity index is 3.46. The lowest BCUT2D eigenvalue weighted by Gasteiger charge is -2.21. The lowest BCUT2D eigenvalue weighted by atomic mass is 10.1. The number of methoxy groups -OCH3 is 2. The third-order valence-electron chi connectivity index (χ3n) is 3.57. The molecule has 20 heavy (non-hydrogen) atoms. The van der Waals surface area contributed by atoms with E-state index in [1.54, 1.807) is 14.2 Å². The van der Waals surface area contributed by atoms with Gasteiger partial charge in [-0.1, -0.05) is 32.1 Å². The van der Waals surface area contributed by atoms with Crippen molar-refractivity contribution in [2.45, 2.75) is 51.4 Å². The second-order valence-electron chi connectivity index (χ2n) is 5.38. The van der Waals surface area contributed by atoms with Gasteiger partial charge >= 0.3 is 0 Å². The van der Waals surface area contributed by atoms with Crippen molar-refractivity contribution in [2.24, 2.45) is 0 Å². The van der Waals surface area contributed by atoms with Crippen LogP contribution in [0, 0.1) is 0 Å². The predicted octanol–water partition coefficient (Wildman–Crippen LogP) is 3.63. The summed E-state index contributed by atoms with van der Waals surface area (Å²) in [5.74, 6) is 1.04. The highest BCUT2D eigenvalue weighted by Crippen LogP contribution is 2.08. The highest BCUT2D eigenvalue weighted by atomic mass is 32.1. The van der Waals surface area contributed by atoms with E-state index in [9.17, 15) is 0 Å². The first-order valence-corrected chi connectivity index (χ1v) is 8.79. The molecule has 0 N–H and O–H groups in total. The molecule has 0 aromatic carbocycles. The summed E-state index contributed by atoms with van der Waals surface area (Å²) in [6.07, 6.45) is 10.5. The highest BCUT2D eigenvalue weighted by molar-refractivity contribution is 7.80. The average Bonchev–Trinajstić information content (AvgIpc) is 2.47. The maximum atomic E-state index is 5.18. The van der Waals surface area contributed by atoms with Crippen molar-refractivity contribution < 1.29 is 9.47 Å². The second kappa shape index (κ2) is 17.3. The Hall–Kier alpha value is 0.230. The molecule has 0 radical (unpaired) electrons. The van der Waals surface area contributed by atoms with Crippen LogP contribution in [-0.4, -0.2) is 57.7 Å². The van der Waals surface area contributed by atoms with Crippen molar-refractivity contribution in [3.8, 4) is 0 Å². The standard InChI is InChI=1S/C16H35NO2S/c1-18-14-10-12-17(13-15-19-2)11-8-6-4-3-5-7-9-16-20/h20H,3-16H2,1-2H3. The largest absolute Gasteiger partial charge is 0.385 e. The van der Waals surface area contributed by atoms with Gasteiger partial charge in [-0.05, 0) is 31.6 Å². The summed E-state index contributed by atoms with van der Waals surface area (Å²) in [6, 6.07) is 0. The SMILES string of the molecule is COCCCN(CCCCCCCCCS)CCOC. The smallest absolute Gasteiger partial charge is 0.0589 e. The van der Waals surface area contributed by atoms with Crippen LogP contribution in [0.3, 0.4) is 0 Å². The van der Waals surface area contributed by atoms with Gasteiger partial charge in [-0.3, -0.25) is 0 Å². The minimum atomic E-state index is 0.830. The maximum absolute atomic E-state index is 5.18. The van der Waals surface area contributed by atoms with Crippen LogP contribution in [0.15, 0.2) is 0 Å². The molecule has 0 rings (SSSR count). The molecule has 0 saturated carbocycles. The molecule has 0 saturated heterocycles. The minimum Gasteiger partial charge on any atom is -0.385 e. The lowest BCUT2D eigenvalue weighted by molar-refractivity contribution is 0.131. The average molecular weight is 306 g/mol. The molecule has 0 fully saturated rings. The molecule has 0 aromatic heterocycles. The van der Waals surface area contributed by atoms with Gasteiger partial charge < -0.3 is 14.4 Å². The monoisotopic (exact) mass is 305 g/mol. The van der Waals surface area contributed by atoms with E-state index < -0.39 is 0 Å². The minimum absolute atomic E-state index is 0.830. The van der Waals surface area contributed by atoms with Gasteiger partial charge in [0.15, 0.2) is 0 Å². The number of unbranched alkanes of at least 4 members (excludes halogenated alkanes) is 6. The van der Waals surface area contributed by atoms with E-state index in [0.717, 1.165) is 38.5 Å². The Morgan fingerprint density at radius 2 is 1.20 bits per heavy atom. The quantitative estimate of drug-likeness (QED) is 0.348. The molecular weight excluding hydrogens is 270 g/mol. The molecule has 0 atom stereocenters. The normalized spacial score (nSPS) is 11.4. The summed E-state index contributed by atoms with van der Waals surface area (Å²) in [4.78, 5) is 2.50. The van der Waals surface area contributed by atoms with Crippen LogP contribution in [0.25, 0.3) is 0 Å². The zero-order valence-electron chi connectivity index (χ0n) is 13.6. The van der Waals surface area contributed by atoms with Gasteiger partial charge in [0.1, 0.15) is 0 Å². The van der Waals surface area contributed by atoms with Crippen molar-refractivity contribution in [2.75, 3.05) is 52.8 Å². The van der Waals surface area contributed by atoms with Crippen LogP contribution in [0.1, 0.15) is 51.4 Å². The predicted molar refractivity (Wildman–Crippen MR) is 91.0 cm³/mol. The summed E-state index contributed by atoms with van der Waals surface area (Å²) in [7, 11) is 3.55. The van der Waals surface area contributed by atoms with Crippen molar-refractivity contribution in [1.29, 1.82) is 0 Å². The van der Waals surface area contributed by atoms with Crippen LogP contribution in [0.5, 0.6) is 0 Å². The fourth-order valence-corrected chi connectivity index (χ4v) is 2.54. The first-order chi connectivity index (χ1) is 9.85. The second-order valence-corrected chi connectivity index (χ2v) is 5.83. The fraction of sp³-hybridized carbons (Fsp3) is 1.00. The van der Waals surface area contributed by atoms with Gasteiger partial charge in [0, 0.05) is 33.9 Å².